The number of anilines is 1. The van der Waals surface area contributed by atoms with Crippen molar-refractivity contribution >= 4 is 15.7 Å². The molecule has 1 aliphatic rings. The first kappa shape index (κ1) is 20.7. The summed E-state index contributed by atoms with van der Waals surface area (Å²) >= 11 is 0. The molecule has 5 heteroatoms. The highest BCUT2D eigenvalue weighted by molar-refractivity contribution is 7.92. The lowest BCUT2D eigenvalue weighted by Gasteiger charge is -2.20. The second kappa shape index (κ2) is 7.78. The van der Waals surface area contributed by atoms with Crippen LogP contribution in [0.5, 0.6) is 5.75 Å². The van der Waals surface area contributed by atoms with Gasteiger partial charge in [0.1, 0.15) is 5.75 Å². The minimum atomic E-state index is -3.35. The number of fused-ring (bicyclic) bond motifs is 1. The minimum absolute atomic E-state index is 0.116. The average Bonchev–Trinajstić information content (AvgIpc) is 3.09. The quantitative estimate of drug-likeness (QED) is 0.704. The molecule has 0 saturated heterocycles. The first-order valence-corrected chi connectivity index (χ1v) is 11.7. The summed E-state index contributed by atoms with van der Waals surface area (Å²) < 4.78 is 33.8. The van der Waals surface area contributed by atoms with Crippen LogP contribution >= 0.6 is 0 Å². The summed E-state index contributed by atoms with van der Waals surface area (Å²) in [5, 5.41) is 0. The number of ether oxygens (including phenoxy) is 1. The SMILES string of the molecule is CCCS(=O)(=O)Nc1c(C)c(C)c2c(c1C)C(c1ccc(C(C)C)cc1)CO2. The fourth-order valence-electron chi connectivity index (χ4n) is 4.01. The highest BCUT2D eigenvalue weighted by atomic mass is 32.2. The van der Waals surface area contributed by atoms with Crippen molar-refractivity contribution in [1.82, 2.24) is 0 Å². The first-order valence-electron chi connectivity index (χ1n) is 10.0. The topological polar surface area (TPSA) is 55.4 Å². The molecule has 4 nitrogen and oxygen atoms in total. The fraction of sp³-hybridized carbons (Fsp3) is 0.478. The molecular formula is C23H31NO3S. The molecule has 1 N–H and O–H groups in total. The summed E-state index contributed by atoms with van der Waals surface area (Å²) in [5.41, 5.74) is 7.24. The Morgan fingerprint density at radius 1 is 1.07 bits per heavy atom. The van der Waals surface area contributed by atoms with Crippen LogP contribution in [-0.4, -0.2) is 20.8 Å². The molecule has 0 amide bonds. The Balaban J connectivity index is 2.08. The molecule has 0 aliphatic carbocycles. The van der Waals surface area contributed by atoms with Gasteiger partial charge in [-0.3, -0.25) is 4.72 Å². The van der Waals surface area contributed by atoms with Crippen molar-refractivity contribution in [3.8, 4) is 5.75 Å². The van der Waals surface area contributed by atoms with Crippen molar-refractivity contribution in [2.75, 3.05) is 17.1 Å². The third-order valence-electron chi connectivity index (χ3n) is 5.78. The third-order valence-corrected chi connectivity index (χ3v) is 7.24. The van der Waals surface area contributed by atoms with Crippen LogP contribution in [-0.2, 0) is 10.0 Å². The van der Waals surface area contributed by atoms with Gasteiger partial charge in [-0.1, -0.05) is 45.0 Å². The molecule has 0 radical (unpaired) electrons. The monoisotopic (exact) mass is 401 g/mol. The van der Waals surface area contributed by atoms with Gasteiger partial charge in [-0.2, -0.15) is 0 Å². The van der Waals surface area contributed by atoms with E-state index in [9.17, 15) is 8.42 Å². The Labute approximate surface area is 169 Å². The Morgan fingerprint density at radius 3 is 2.29 bits per heavy atom. The molecule has 2 aromatic carbocycles. The van der Waals surface area contributed by atoms with Crippen molar-refractivity contribution < 1.29 is 13.2 Å². The van der Waals surface area contributed by atoms with Crippen LogP contribution in [0.4, 0.5) is 5.69 Å². The van der Waals surface area contributed by atoms with E-state index in [-0.39, 0.29) is 11.7 Å². The van der Waals surface area contributed by atoms with Gasteiger partial charge >= 0.3 is 0 Å². The van der Waals surface area contributed by atoms with Crippen LogP contribution in [0, 0.1) is 20.8 Å². The van der Waals surface area contributed by atoms with Crippen LogP contribution in [0.15, 0.2) is 24.3 Å². The van der Waals surface area contributed by atoms with Gasteiger partial charge in [0.15, 0.2) is 0 Å². The second-order valence-corrected chi connectivity index (χ2v) is 9.94. The van der Waals surface area contributed by atoms with Gasteiger partial charge in [0.25, 0.3) is 0 Å². The van der Waals surface area contributed by atoms with Gasteiger partial charge in [-0.25, -0.2) is 8.42 Å². The molecule has 0 saturated carbocycles. The molecule has 0 fully saturated rings. The van der Waals surface area contributed by atoms with Gasteiger partial charge in [-0.15, -0.1) is 0 Å². The Morgan fingerprint density at radius 2 is 1.71 bits per heavy atom. The molecule has 0 spiro atoms. The highest BCUT2D eigenvalue weighted by Crippen LogP contribution is 2.47. The first-order chi connectivity index (χ1) is 13.2. The normalized spacial score (nSPS) is 16.2. The number of hydrogen-bond donors (Lipinski definition) is 1. The molecule has 0 bridgehead atoms. The summed E-state index contributed by atoms with van der Waals surface area (Å²) in [4.78, 5) is 0. The lowest BCUT2D eigenvalue weighted by atomic mass is 9.86. The number of rotatable bonds is 6. The third kappa shape index (κ3) is 3.77. The maximum absolute atomic E-state index is 12.4. The van der Waals surface area contributed by atoms with Gasteiger partial charge in [0, 0.05) is 11.5 Å². The predicted octanol–water partition coefficient (Wildman–Crippen LogP) is 5.41. The summed E-state index contributed by atoms with van der Waals surface area (Å²) in [7, 11) is -3.35. The summed E-state index contributed by atoms with van der Waals surface area (Å²) in [6.07, 6.45) is 0.589. The Bertz CT molecular complexity index is 976. The Hall–Kier alpha value is -2.01. The molecule has 3 rings (SSSR count). The van der Waals surface area contributed by atoms with Crippen LogP contribution < -0.4 is 9.46 Å². The van der Waals surface area contributed by atoms with Gasteiger partial charge in [0.2, 0.25) is 10.0 Å². The number of benzene rings is 2. The van der Waals surface area contributed by atoms with E-state index in [1.807, 2.05) is 27.7 Å². The van der Waals surface area contributed by atoms with Crippen molar-refractivity contribution in [2.45, 2.75) is 59.8 Å². The summed E-state index contributed by atoms with van der Waals surface area (Å²) in [6.45, 7) is 12.8. The molecule has 28 heavy (non-hydrogen) atoms. The minimum Gasteiger partial charge on any atom is -0.492 e. The molecule has 152 valence electrons. The van der Waals surface area contributed by atoms with Crippen molar-refractivity contribution in [2.24, 2.45) is 0 Å². The summed E-state index contributed by atoms with van der Waals surface area (Å²) in [5.74, 6) is 1.64. The number of sulfonamides is 1. The summed E-state index contributed by atoms with van der Waals surface area (Å²) in [6, 6.07) is 8.71. The zero-order valence-corrected chi connectivity index (χ0v) is 18.5. The van der Waals surface area contributed by atoms with E-state index < -0.39 is 10.0 Å². The van der Waals surface area contributed by atoms with E-state index in [4.69, 9.17) is 4.74 Å². The molecule has 2 aromatic rings. The van der Waals surface area contributed by atoms with Crippen molar-refractivity contribution in [1.29, 1.82) is 0 Å². The molecule has 1 atom stereocenters. The second-order valence-electron chi connectivity index (χ2n) is 8.10. The van der Waals surface area contributed by atoms with Crippen LogP contribution in [0.3, 0.4) is 0 Å². The molecular weight excluding hydrogens is 370 g/mol. The van der Waals surface area contributed by atoms with E-state index in [0.717, 1.165) is 28.0 Å². The molecule has 1 aliphatic heterocycles. The van der Waals surface area contributed by atoms with E-state index >= 15 is 0 Å². The van der Waals surface area contributed by atoms with E-state index in [2.05, 4.69) is 42.8 Å². The van der Waals surface area contributed by atoms with E-state index in [1.165, 1.54) is 11.1 Å². The van der Waals surface area contributed by atoms with E-state index in [0.29, 0.717) is 24.6 Å². The van der Waals surface area contributed by atoms with Crippen LogP contribution in [0.1, 0.15) is 72.4 Å². The average molecular weight is 402 g/mol. The van der Waals surface area contributed by atoms with Crippen molar-refractivity contribution in [3.05, 3.63) is 57.6 Å². The number of nitrogens with one attached hydrogen (secondary N) is 1. The van der Waals surface area contributed by atoms with Gasteiger partial charge in [-0.05, 0) is 60.9 Å². The maximum atomic E-state index is 12.4. The predicted molar refractivity (Wildman–Crippen MR) is 116 cm³/mol. The lowest BCUT2D eigenvalue weighted by Crippen LogP contribution is -2.18. The van der Waals surface area contributed by atoms with Gasteiger partial charge < -0.3 is 4.74 Å². The lowest BCUT2D eigenvalue weighted by molar-refractivity contribution is 0.341. The zero-order chi connectivity index (χ0) is 20.6. The van der Waals surface area contributed by atoms with Gasteiger partial charge in [0.05, 0.1) is 18.0 Å². The standard InChI is InChI=1S/C23H31NO3S/c1-7-12-28(25,26)24-22-15(4)16(5)23-21(17(22)6)20(13-27-23)19-10-8-18(9-11-19)14(2)3/h8-11,14,20,24H,7,12-13H2,1-6H3. The molecule has 1 heterocycles. The Kier molecular flexibility index (Phi) is 5.76. The van der Waals surface area contributed by atoms with Crippen molar-refractivity contribution in [3.63, 3.8) is 0 Å². The van der Waals surface area contributed by atoms with E-state index in [1.54, 1.807) is 0 Å². The number of hydrogen-bond acceptors (Lipinski definition) is 3. The fourth-order valence-corrected chi connectivity index (χ4v) is 5.26. The smallest absolute Gasteiger partial charge is 0.232 e. The zero-order valence-electron chi connectivity index (χ0n) is 17.7. The maximum Gasteiger partial charge on any atom is 0.232 e. The highest BCUT2D eigenvalue weighted by Gasteiger charge is 2.32. The molecule has 1 unspecified atom stereocenters. The molecule has 0 aromatic heterocycles. The van der Waals surface area contributed by atoms with Crippen LogP contribution in [0.25, 0.3) is 0 Å². The van der Waals surface area contributed by atoms with Crippen LogP contribution in [0.2, 0.25) is 0 Å². The largest absolute Gasteiger partial charge is 0.492 e.